The quantitative estimate of drug-likeness (QED) is 0.643. The maximum absolute atomic E-state index is 12.9. The van der Waals surface area contributed by atoms with E-state index >= 15 is 0 Å². The number of ether oxygens (including phenoxy) is 1. The SMILES string of the molecule is CCOC(=O)C1(NC(=O)C(C)SCC(=O)Nc2ccc(F)cc2)CCCCC1. The zero-order valence-electron chi connectivity index (χ0n) is 16.3. The van der Waals surface area contributed by atoms with E-state index in [-0.39, 0.29) is 36.0 Å². The molecule has 1 unspecified atom stereocenters. The van der Waals surface area contributed by atoms with Gasteiger partial charge in [-0.3, -0.25) is 9.59 Å². The van der Waals surface area contributed by atoms with Crippen LogP contribution in [0.3, 0.4) is 0 Å². The zero-order chi connectivity index (χ0) is 20.6. The number of anilines is 1. The lowest BCUT2D eigenvalue weighted by Crippen LogP contribution is -2.57. The summed E-state index contributed by atoms with van der Waals surface area (Å²) in [7, 11) is 0. The summed E-state index contributed by atoms with van der Waals surface area (Å²) in [6, 6.07) is 5.47. The molecule has 1 aliphatic carbocycles. The molecule has 0 spiro atoms. The number of carbonyl (C=O) groups excluding carboxylic acids is 3. The van der Waals surface area contributed by atoms with Gasteiger partial charge in [-0.2, -0.15) is 0 Å². The third kappa shape index (κ3) is 6.22. The van der Waals surface area contributed by atoms with Crippen LogP contribution < -0.4 is 10.6 Å². The highest BCUT2D eigenvalue weighted by Gasteiger charge is 2.42. The molecule has 6 nitrogen and oxygen atoms in total. The second-order valence-corrected chi connectivity index (χ2v) is 8.19. The van der Waals surface area contributed by atoms with Crippen molar-refractivity contribution >= 4 is 35.2 Å². The first kappa shape index (κ1) is 22.2. The largest absolute Gasteiger partial charge is 0.464 e. The predicted molar refractivity (Wildman–Crippen MR) is 108 cm³/mol. The molecule has 0 aromatic heterocycles. The second kappa shape index (κ2) is 10.5. The van der Waals surface area contributed by atoms with Crippen LogP contribution in [0.2, 0.25) is 0 Å². The first-order valence-electron chi connectivity index (χ1n) is 9.52. The minimum Gasteiger partial charge on any atom is -0.464 e. The molecule has 1 aromatic carbocycles. The van der Waals surface area contributed by atoms with Crippen molar-refractivity contribution in [3.05, 3.63) is 30.1 Å². The molecule has 2 N–H and O–H groups in total. The summed E-state index contributed by atoms with van der Waals surface area (Å²) in [6.45, 7) is 3.71. The van der Waals surface area contributed by atoms with Gasteiger partial charge in [0.15, 0.2) is 0 Å². The smallest absolute Gasteiger partial charge is 0.331 e. The summed E-state index contributed by atoms with van der Waals surface area (Å²) in [6.07, 6.45) is 3.90. The highest BCUT2D eigenvalue weighted by Crippen LogP contribution is 2.30. The van der Waals surface area contributed by atoms with E-state index in [9.17, 15) is 18.8 Å². The van der Waals surface area contributed by atoms with Crippen molar-refractivity contribution in [1.29, 1.82) is 0 Å². The molecule has 0 bridgehead atoms. The van der Waals surface area contributed by atoms with Gasteiger partial charge in [0, 0.05) is 5.69 Å². The number of benzene rings is 1. The van der Waals surface area contributed by atoms with Crippen molar-refractivity contribution in [1.82, 2.24) is 5.32 Å². The van der Waals surface area contributed by atoms with E-state index in [0.717, 1.165) is 19.3 Å². The number of esters is 1. The van der Waals surface area contributed by atoms with Crippen LogP contribution in [0.5, 0.6) is 0 Å². The molecule has 0 radical (unpaired) electrons. The van der Waals surface area contributed by atoms with E-state index in [0.29, 0.717) is 18.5 Å². The molecule has 0 aliphatic heterocycles. The first-order chi connectivity index (χ1) is 13.4. The topological polar surface area (TPSA) is 84.5 Å². The van der Waals surface area contributed by atoms with Crippen LogP contribution in [0, 0.1) is 5.82 Å². The molecule has 1 fully saturated rings. The van der Waals surface area contributed by atoms with Crippen molar-refractivity contribution in [2.45, 2.75) is 56.7 Å². The monoisotopic (exact) mass is 410 g/mol. The molecule has 1 atom stereocenters. The fraction of sp³-hybridized carbons (Fsp3) is 0.550. The minimum atomic E-state index is -0.962. The van der Waals surface area contributed by atoms with Gasteiger partial charge in [-0.15, -0.1) is 11.8 Å². The number of hydrogen-bond donors (Lipinski definition) is 2. The highest BCUT2D eigenvalue weighted by molar-refractivity contribution is 8.01. The number of amides is 2. The van der Waals surface area contributed by atoms with Gasteiger partial charge >= 0.3 is 5.97 Å². The number of thioether (sulfide) groups is 1. The van der Waals surface area contributed by atoms with Crippen LogP contribution in [0.15, 0.2) is 24.3 Å². The van der Waals surface area contributed by atoms with Crippen LogP contribution in [-0.2, 0) is 19.1 Å². The van der Waals surface area contributed by atoms with Gasteiger partial charge in [-0.25, -0.2) is 9.18 Å². The standard InChI is InChI=1S/C20H27FN2O4S/c1-3-27-19(26)20(11-5-4-6-12-20)23-18(25)14(2)28-13-17(24)22-16-9-7-15(21)8-10-16/h7-10,14H,3-6,11-13H2,1-2H3,(H,22,24)(H,23,25). The van der Waals surface area contributed by atoms with Gasteiger partial charge in [-0.1, -0.05) is 19.3 Å². The van der Waals surface area contributed by atoms with E-state index in [1.165, 1.54) is 36.0 Å². The molecular weight excluding hydrogens is 383 g/mol. The Morgan fingerprint density at radius 1 is 1.18 bits per heavy atom. The Balaban J connectivity index is 1.87. The Morgan fingerprint density at radius 2 is 1.82 bits per heavy atom. The summed E-state index contributed by atoms with van der Waals surface area (Å²) in [5.74, 6) is -1.26. The lowest BCUT2D eigenvalue weighted by Gasteiger charge is -2.36. The van der Waals surface area contributed by atoms with Crippen LogP contribution in [-0.4, -0.2) is 40.9 Å². The lowest BCUT2D eigenvalue weighted by atomic mass is 9.81. The highest BCUT2D eigenvalue weighted by atomic mass is 32.2. The maximum atomic E-state index is 12.9. The van der Waals surface area contributed by atoms with Crippen molar-refractivity contribution in [2.75, 3.05) is 17.7 Å². The molecule has 1 saturated carbocycles. The van der Waals surface area contributed by atoms with Gasteiger partial charge in [0.2, 0.25) is 11.8 Å². The first-order valence-corrected chi connectivity index (χ1v) is 10.6. The molecule has 2 rings (SSSR count). The van der Waals surface area contributed by atoms with Crippen LogP contribution >= 0.6 is 11.8 Å². The summed E-state index contributed by atoms with van der Waals surface area (Å²) in [4.78, 5) is 37.1. The molecule has 154 valence electrons. The Labute approximate surface area is 169 Å². The Hall–Kier alpha value is -2.09. The summed E-state index contributed by atoms with van der Waals surface area (Å²) < 4.78 is 18.1. The van der Waals surface area contributed by atoms with Crippen LogP contribution in [0.25, 0.3) is 0 Å². The Kier molecular flexibility index (Phi) is 8.29. The molecule has 28 heavy (non-hydrogen) atoms. The third-order valence-corrected chi connectivity index (χ3v) is 5.84. The lowest BCUT2D eigenvalue weighted by molar-refractivity contribution is -0.155. The zero-order valence-corrected chi connectivity index (χ0v) is 17.1. The van der Waals surface area contributed by atoms with Crippen molar-refractivity contribution < 1.29 is 23.5 Å². The number of hydrogen-bond acceptors (Lipinski definition) is 5. The fourth-order valence-electron chi connectivity index (χ4n) is 3.15. The molecule has 0 heterocycles. The number of halogens is 1. The summed E-state index contributed by atoms with van der Waals surface area (Å²) >= 11 is 1.18. The van der Waals surface area contributed by atoms with Crippen molar-refractivity contribution in [2.24, 2.45) is 0 Å². The van der Waals surface area contributed by atoms with E-state index < -0.39 is 10.8 Å². The number of carbonyl (C=O) groups is 3. The Morgan fingerprint density at radius 3 is 2.43 bits per heavy atom. The van der Waals surface area contributed by atoms with Gasteiger partial charge in [0.25, 0.3) is 0 Å². The van der Waals surface area contributed by atoms with Crippen LogP contribution in [0.4, 0.5) is 10.1 Å². The predicted octanol–water partition coefficient (Wildman–Crippen LogP) is 3.27. The summed E-state index contributed by atoms with van der Waals surface area (Å²) in [5.41, 5.74) is -0.469. The summed E-state index contributed by atoms with van der Waals surface area (Å²) in [5, 5.41) is 5.04. The van der Waals surface area contributed by atoms with Gasteiger partial charge in [-0.05, 0) is 51.0 Å². The Bertz CT molecular complexity index is 690. The average Bonchev–Trinajstić information content (AvgIpc) is 2.68. The van der Waals surface area contributed by atoms with E-state index in [2.05, 4.69) is 10.6 Å². The van der Waals surface area contributed by atoms with E-state index in [1.54, 1.807) is 13.8 Å². The molecular formula is C20H27FN2O4S. The van der Waals surface area contributed by atoms with Crippen LogP contribution in [0.1, 0.15) is 46.0 Å². The van der Waals surface area contributed by atoms with E-state index in [1.807, 2.05) is 0 Å². The molecule has 0 saturated heterocycles. The number of nitrogens with one attached hydrogen (secondary N) is 2. The minimum absolute atomic E-state index is 0.0678. The molecule has 1 aromatic rings. The molecule has 1 aliphatic rings. The molecule has 2 amide bonds. The van der Waals surface area contributed by atoms with Gasteiger partial charge < -0.3 is 15.4 Å². The normalized spacial score (nSPS) is 16.7. The van der Waals surface area contributed by atoms with Crippen molar-refractivity contribution in [3.8, 4) is 0 Å². The fourth-order valence-corrected chi connectivity index (χ4v) is 3.83. The van der Waals surface area contributed by atoms with E-state index in [4.69, 9.17) is 4.74 Å². The number of rotatable bonds is 8. The average molecular weight is 411 g/mol. The maximum Gasteiger partial charge on any atom is 0.331 e. The molecule has 8 heteroatoms. The third-order valence-electron chi connectivity index (χ3n) is 4.70. The van der Waals surface area contributed by atoms with Crippen molar-refractivity contribution in [3.63, 3.8) is 0 Å². The van der Waals surface area contributed by atoms with Gasteiger partial charge in [0.1, 0.15) is 11.4 Å². The van der Waals surface area contributed by atoms with Gasteiger partial charge in [0.05, 0.1) is 17.6 Å². The second-order valence-electron chi connectivity index (χ2n) is 6.86.